The van der Waals surface area contributed by atoms with Crippen molar-refractivity contribution in [1.29, 1.82) is 0 Å². The summed E-state index contributed by atoms with van der Waals surface area (Å²) in [6.45, 7) is 0. The van der Waals surface area contributed by atoms with Crippen LogP contribution in [0.1, 0.15) is 10.4 Å². The van der Waals surface area contributed by atoms with E-state index in [4.69, 9.17) is 23.2 Å². The van der Waals surface area contributed by atoms with Crippen LogP contribution in [0.25, 0.3) is 0 Å². The van der Waals surface area contributed by atoms with Crippen molar-refractivity contribution < 1.29 is 4.79 Å². The standard InChI is InChI=1S/C11H7Cl2N3O2/c12-6-1-2-9(8(13)3-6)16-11(18)7-4-14-5-15-10(7)17/h1-5H,(H,16,18)(H,14,15,17). The Labute approximate surface area is 112 Å². The van der Waals surface area contributed by atoms with Gasteiger partial charge in [-0.25, -0.2) is 4.98 Å². The molecule has 0 radical (unpaired) electrons. The van der Waals surface area contributed by atoms with Crippen molar-refractivity contribution in [1.82, 2.24) is 9.97 Å². The lowest BCUT2D eigenvalue weighted by Gasteiger charge is -2.06. The summed E-state index contributed by atoms with van der Waals surface area (Å²) in [4.78, 5) is 29.2. The van der Waals surface area contributed by atoms with Crippen molar-refractivity contribution in [2.45, 2.75) is 0 Å². The third kappa shape index (κ3) is 2.69. The van der Waals surface area contributed by atoms with Gasteiger partial charge in [-0.2, -0.15) is 0 Å². The highest BCUT2D eigenvalue weighted by Crippen LogP contribution is 2.25. The fourth-order valence-corrected chi connectivity index (χ4v) is 1.74. The number of aromatic nitrogens is 2. The van der Waals surface area contributed by atoms with Crippen molar-refractivity contribution in [3.05, 3.63) is 56.7 Å². The second kappa shape index (κ2) is 5.20. The van der Waals surface area contributed by atoms with Crippen molar-refractivity contribution in [2.75, 3.05) is 5.32 Å². The molecule has 1 aromatic carbocycles. The molecule has 0 fully saturated rings. The van der Waals surface area contributed by atoms with Gasteiger partial charge in [0.05, 0.1) is 17.0 Å². The molecule has 0 aliphatic rings. The van der Waals surface area contributed by atoms with E-state index in [1.807, 2.05) is 0 Å². The maximum absolute atomic E-state index is 11.8. The number of amides is 1. The number of halogens is 2. The highest BCUT2D eigenvalue weighted by Gasteiger charge is 2.12. The van der Waals surface area contributed by atoms with Crippen LogP contribution in [0.15, 0.2) is 35.5 Å². The summed E-state index contributed by atoms with van der Waals surface area (Å²) < 4.78 is 0. The minimum Gasteiger partial charge on any atom is -0.320 e. The Hall–Kier alpha value is -1.85. The van der Waals surface area contributed by atoms with Crippen LogP contribution in [0.2, 0.25) is 10.0 Å². The molecular weight excluding hydrogens is 277 g/mol. The summed E-state index contributed by atoms with van der Waals surface area (Å²) in [5.74, 6) is -0.589. The summed E-state index contributed by atoms with van der Waals surface area (Å²) in [5, 5.41) is 3.25. The minimum absolute atomic E-state index is 0.0940. The number of carbonyl (C=O) groups excluding carboxylic acids is 1. The van der Waals surface area contributed by atoms with Crippen molar-refractivity contribution in [3.8, 4) is 0 Å². The molecule has 0 saturated heterocycles. The molecule has 0 aliphatic carbocycles. The summed E-state index contributed by atoms with van der Waals surface area (Å²) in [6.07, 6.45) is 2.38. The molecule has 2 rings (SSSR count). The van der Waals surface area contributed by atoms with E-state index in [0.29, 0.717) is 10.7 Å². The van der Waals surface area contributed by atoms with Gasteiger partial charge in [0.2, 0.25) is 0 Å². The zero-order chi connectivity index (χ0) is 13.1. The molecule has 0 spiro atoms. The Bertz CT molecular complexity index is 655. The first-order chi connectivity index (χ1) is 8.58. The number of aromatic amines is 1. The molecule has 92 valence electrons. The maximum atomic E-state index is 11.8. The number of anilines is 1. The number of nitrogens with zero attached hydrogens (tertiary/aromatic N) is 1. The fraction of sp³-hybridized carbons (Fsp3) is 0. The lowest BCUT2D eigenvalue weighted by molar-refractivity contribution is 0.102. The van der Waals surface area contributed by atoms with Crippen LogP contribution < -0.4 is 10.9 Å². The van der Waals surface area contributed by atoms with Crippen LogP contribution in [-0.2, 0) is 0 Å². The van der Waals surface area contributed by atoms with Crippen molar-refractivity contribution in [3.63, 3.8) is 0 Å². The molecule has 2 N–H and O–H groups in total. The van der Waals surface area contributed by atoms with Crippen LogP contribution in [0.4, 0.5) is 5.69 Å². The predicted molar refractivity (Wildman–Crippen MR) is 69.3 cm³/mol. The zero-order valence-electron chi connectivity index (χ0n) is 8.91. The Morgan fingerprint density at radius 3 is 2.78 bits per heavy atom. The summed E-state index contributed by atoms with van der Waals surface area (Å²) in [6, 6.07) is 4.62. The Morgan fingerprint density at radius 2 is 2.11 bits per heavy atom. The van der Waals surface area contributed by atoms with Gasteiger partial charge in [0, 0.05) is 11.2 Å². The van der Waals surface area contributed by atoms with E-state index in [9.17, 15) is 9.59 Å². The summed E-state index contributed by atoms with van der Waals surface area (Å²) >= 11 is 11.6. The molecule has 0 saturated carbocycles. The molecule has 1 aromatic heterocycles. The van der Waals surface area contributed by atoms with Crippen LogP contribution in [0.5, 0.6) is 0 Å². The van der Waals surface area contributed by atoms with E-state index in [1.54, 1.807) is 12.1 Å². The van der Waals surface area contributed by atoms with Gasteiger partial charge in [-0.3, -0.25) is 9.59 Å². The van der Waals surface area contributed by atoms with Crippen LogP contribution >= 0.6 is 23.2 Å². The van der Waals surface area contributed by atoms with Crippen molar-refractivity contribution in [2.24, 2.45) is 0 Å². The summed E-state index contributed by atoms with van der Waals surface area (Å²) in [7, 11) is 0. The van der Waals surface area contributed by atoms with E-state index in [1.165, 1.54) is 18.6 Å². The molecule has 0 bridgehead atoms. The van der Waals surface area contributed by atoms with E-state index < -0.39 is 11.5 Å². The average molecular weight is 284 g/mol. The first-order valence-corrected chi connectivity index (χ1v) is 5.62. The number of nitrogens with one attached hydrogen (secondary N) is 2. The van der Waals surface area contributed by atoms with Gasteiger partial charge in [0.15, 0.2) is 0 Å². The van der Waals surface area contributed by atoms with Gasteiger partial charge in [-0.15, -0.1) is 0 Å². The van der Waals surface area contributed by atoms with E-state index in [0.717, 1.165) is 0 Å². The lowest BCUT2D eigenvalue weighted by Crippen LogP contribution is -2.23. The van der Waals surface area contributed by atoms with Gasteiger partial charge in [-0.05, 0) is 18.2 Å². The minimum atomic E-state index is -0.589. The third-order valence-electron chi connectivity index (χ3n) is 2.14. The van der Waals surface area contributed by atoms with Gasteiger partial charge in [0.25, 0.3) is 11.5 Å². The first-order valence-electron chi connectivity index (χ1n) is 4.87. The number of carbonyl (C=O) groups is 1. The number of hydrogen-bond acceptors (Lipinski definition) is 3. The molecule has 0 atom stereocenters. The molecule has 5 nitrogen and oxygen atoms in total. The van der Waals surface area contributed by atoms with Gasteiger partial charge in [-0.1, -0.05) is 23.2 Å². The largest absolute Gasteiger partial charge is 0.320 e. The van der Waals surface area contributed by atoms with Gasteiger partial charge >= 0.3 is 0 Å². The van der Waals surface area contributed by atoms with Gasteiger partial charge in [0.1, 0.15) is 5.56 Å². The third-order valence-corrected chi connectivity index (χ3v) is 2.69. The molecule has 1 amide bonds. The molecule has 2 aromatic rings. The SMILES string of the molecule is O=C(Nc1ccc(Cl)cc1Cl)c1cnc[nH]c1=O. The van der Waals surface area contributed by atoms with Gasteiger partial charge < -0.3 is 10.3 Å². The second-order valence-corrected chi connectivity index (χ2v) is 4.22. The monoisotopic (exact) mass is 283 g/mol. The lowest BCUT2D eigenvalue weighted by atomic mass is 10.2. The van der Waals surface area contributed by atoms with E-state index in [-0.39, 0.29) is 10.6 Å². The number of benzene rings is 1. The molecule has 1 heterocycles. The molecule has 7 heteroatoms. The number of rotatable bonds is 2. The number of H-pyrrole nitrogens is 1. The van der Waals surface area contributed by atoms with Crippen LogP contribution in [-0.4, -0.2) is 15.9 Å². The molecule has 0 aliphatic heterocycles. The topological polar surface area (TPSA) is 74.8 Å². The predicted octanol–water partition coefficient (Wildman–Crippen LogP) is 2.33. The smallest absolute Gasteiger partial charge is 0.263 e. The zero-order valence-corrected chi connectivity index (χ0v) is 10.4. The Balaban J connectivity index is 2.27. The van der Waals surface area contributed by atoms with E-state index >= 15 is 0 Å². The molecule has 0 unspecified atom stereocenters. The fourth-order valence-electron chi connectivity index (χ4n) is 1.29. The molecular formula is C11H7Cl2N3O2. The second-order valence-electron chi connectivity index (χ2n) is 3.37. The van der Waals surface area contributed by atoms with Crippen molar-refractivity contribution >= 4 is 34.8 Å². The Morgan fingerprint density at radius 1 is 1.33 bits per heavy atom. The summed E-state index contributed by atoms with van der Waals surface area (Å²) in [5.41, 5.74) is -0.245. The highest BCUT2D eigenvalue weighted by atomic mass is 35.5. The Kier molecular flexibility index (Phi) is 3.64. The quantitative estimate of drug-likeness (QED) is 0.888. The van der Waals surface area contributed by atoms with Crippen LogP contribution in [0, 0.1) is 0 Å². The van der Waals surface area contributed by atoms with E-state index in [2.05, 4.69) is 15.3 Å². The normalized spacial score (nSPS) is 10.1. The average Bonchev–Trinajstić information content (AvgIpc) is 2.33. The highest BCUT2D eigenvalue weighted by molar-refractivity contribution is 6.36. The van der Waals surface area contributed by atoms with Crippen LogP contribution in [0.3, 0.4) is 0 Å². The first kappa shape index (κ1) is 12.6. The number of hydrogen-bond donors (Lipinski definition) is 2. The molecule has 18 heavy (non-hydrogen) atoms. The maximum Gasteiger partial charge on any atom is 0.263 e.